The van der Waals surface area contributed by atoms with Crippen LogP contribution in [-0.2, 0) is 11.2 Å². The van der Waals surface area contributed by atoms with Crippen molar-refractivity contribution in [2.24, 2.45) is 0 Å². The summed E-state index contributed by atoms with van der Waals surface area (Å²) in [5.74, 6) is 1.53. The molecule has 0 spiro atoms. The third kappa shape index (κ3) is 4.56. The van der Waals surface area contributed by atoms with Crippen LogP contribution in [0.2, 0.25) is 5.02 Å². The molecule has 0 bridgehead atoms. The van der Waals surface area contributed by atoms with E-state index in [0.29, 0.717) is 22.5 Å². The number of anilines is 1. The molecule has 2 N–H and O–H groups in total. The predicted octanol–water partition coefficient (Wildman–Crippen LogP) is 4.99. The van der Waals surface area contributed by atoms with Crippen molar-refractivity contribution in [2.75, 3.05) is 17.3 Å². The zero-order valence-corrected chi connectivity index (χ0v) is 19.8. The Balaban J connectivity index is 1.66. The van der Waals surface area contributed by atoms with E-state index in [4.69, 9.17) is 16.3 Å². The van der Waals surface area contributed by atoms with Crippen molar-refractivity contribution in [2.45, 2.75) is 50.1 Å². The lowest BCUT2D eigenvalue weighted by Crippen LogP contribution is -2.41. The average Bonchev–Trinajstić information content (AvgIpc) is 3.19. The summed E-state index contributed by atoms with van der Waals surface area (Å²) >= 11 is 7.65. The minimum atomic E-state index is -0.461. The van der Waals surface area contributed by atoms with E-state index >= 15 is 0 Å². The van der Waals surface area contributed by atoms with Crippen LogP contribution in [0.25, 0.3) is 0 Å². The van der Waals surface area contributed by atoms with Gasteiger partial charge in [-0.2, -0.15) is 0 Å². The number of benzene rings is 2. The Bertz CT molecular complexity index is 1100. The highest BCUT2D eigenvalue weighted by atomic mass is 35.5. The van der Waals surface area contributed by atoms with Gasteiger partial charge in [-0.05, 0) is 55.7 Å². The number of hydrogen-bond donors (Lipinski definition) is 2. The number of ether oxygens (including phenoxy) is 1. The first-order valence-electron chi connectivity index (χ1n) is 10.7. The van der Waals surface area contributed by atoms with E-state index in [9.17, 15) is 4.79 Å². The van der Waals surface area contributed by atoms with Gasteiger partial charge < -0.3 is 15.5 Å². The molecule has 2 heterocycles. The Kier molecular flexibility index (Phi) is 6.91. The molecule has 1 aliphatic heterocycles. The van der Waals surface area contributed by atoms with Crippen LogP contribution in [0.5, 0.6) is 5.75 Å². The predicted molar refractivity (Wildman–Crippen MR) is 128 cm³/mol. The van der Waals surface area contributed by atoms with E-state index in [0.717, 1.165) is 35.5 Å². The number of amides is 1. The highest BCUT2D eigenvalue weighted by molar-refractivity contribution is 8.00. The fourth-order valence-corrected chi connectivity index (χ4v) is 4.89. The Morgan fingerprint density at radius 1 is 1.22 bits per heavy atom. The second-order valence-electron chi connectivity index (χ2n) is 7.53. The van der Waals surface area contributed by atoms with Gasteiger partial charge in [0.05, 0.1) is 12.6 Å². The van der Waals surface area contributed by atoms with Crippen molar-refractivity contribution in [3.8, 4) is 5.75 Å². The summed E-state index contributed by atoms with van der Waals surface area (Å²) in [4.78, 5) is 13.4. The standard InChI is InChI=1S/C23H26ClN5O2S/c1-4-7-19-26-27-23-29(19)28-20(15-10-12-16(13-11-15)31-5-2)21(32-23)22(30)25-18-9-6-8-17(24)14(18)3/h6,8-13,20-21,28H,4-5,7H2,1-3H3,(H,25,30)/t20-,21+/m0/s1. The van der Waals surface area contributed by atoms with Crippen molar-refractivity contribution in [1.29, 1.82) is 0 Å². The molecule has 7 nitrogen and oxygen atoms in total. The van der Waals surface area contributed by atoms with Gasteiger partial charge in [0, 0.05) is 17.1 Å². The molecule has 2 aromatic carbocycles. The number of nitrogens with one attached hydrogen (secondary N) is 2. The molecule has 32 heavy (non-hydrogen) atoms. The van der Waals surface area contributed by atoms with Crippen LogP contribution in [0, 0.1) is 6.92 Å². The number of aromatic nitrogens is 3. The number of rotatable bonds is 7. The molecule has 0 saturated carbocycles. The summed E-state index contributed by atoms with van der Waals surface area (Å²) < 4.78 is 7.48. The van der Waals surface area contributed by atoms with Gasteiger partial charge >= 0.3 is 0 Å². The molecule has 4 rings (SSSR count). The average molecular weight is 472 g/mol. The first-order chi connectivity index (χ1) is 15.5. The number of fused-ring (bicyclic) bond motifs is 1. The highest BCUT2D eigenvalue weighted by Crippen LogP contribution is 2.38. The molecule has 0 fully saturated rings. The smallest absolute Gasteiger partial charge is 0.240 e. The van der Waals surface area contributed by atoms with Crippen molar-refractivity contribution in [3.05, 3.63) is 64.4 Å². The molecule has 1 amide bonds. The molecule has 0 radical (unpaired) electrons. The summed E-state index contributed by atoms with van der Waals surface area (Å²) in [5.41, 5.74) is 6.00. The number of carbonyl (C=O) groups excluding carboxylic acids is 1. The number of nitrogens with zero attached hydrogens (tertiary/aromatic N) is 3. The summed E-state index contributed by atoms with van der Waals surface area (Å²) in [5, 5.41) is 12.5. The molecule has 0 saturated heterocycles. The Labute approximate surface area is 196 Å². The van der Waals surface area contributed by atoms with Gasteiger partial charge in [0.2, 0.25) is 11.1 Å². The maximum absolute atomic E-state index is 13.4. The molecular formula is C23H26ClN5O2S. The van der Waals surface area contributed by atoms with E-state index in [1.165, 1.54) is 11.8 Å². The summed E-state index contributed by atoms with van der Waals surface area (Å²) in [6, 6.07) is 13.0. The third-order valence-electron chi connectivity index (χ3n) is 5.31. The van der Waals surface area contributed by atoms with Crippen LogP contribution < -0.4 is 15.5 Å². The minimum absolute atomic E-state index is 0.127. The topological polar surface area (TPSA) is 81.1 Å². The molecule has 1 aliphatic rings. The van der Waals surface area contributed by atoms with Crippen molar-refractivity contribution >= 4 is 35.0 Å². The van der Waals surface area contributed by atoms with E-state index in [-0.39, 0.29) is 11.9 Å². The maximum atomic E-state index is 13.4. The van der Waals surface area contributed by atoms with E-state index in [1.54, 1.807) is 0 Å². The fraction of sp³-hybridized carbons (Fsp3) is 0.348. The summed E-state index contributed by atoms with van der Waals surface area (Å²) in [6.45, 7) is 6.55. The second-order valence-corrected chi connectivity index (χ2v) is 9.05. The van der Waals surface area contributed by atoms with Gasteiger partial charge in [-0.15, -0.1) is 10.2 Å². The molecule has 0 unspecified atom stereocenters. The fourth-order valence-electron chi connectivity index (χ4n) is 3.62. The number of aryl methyl sites for hydroxylation is 1. The molecule has 0 aliphatic carbocycles. The van der Waals surface area contributed by atoms with Crippen molar-refractivity contribution < 1.29 is 9.53 Å². The van der Waals surface area contributed by atoms with Gasteiger partial charge in [0.15, 0.2) is 5.82 Å². The quantitative estimate of drug-likeness (QED) is 0.505. The minimum Gasteiger partial charge on any atom is -0.494 e. The lowest BCUT2D eigenvalue weighted by atomic mass is 10.0. The number of halogens is 1. The summed E-state index contributed by atoms with van der Waals surface area (Å²) in [6.07, 6.45) is 1.76. The molecule has 1 aromatic heterocycles. The zero-order valence-electron chi connectivity index (χ0n) is 18.3. The van der Waals surface area contributed by atoms with Gasteiger partial charge in [0.25, 0.3) is 0 Å². The van der Waals surface area contributed by atoms with Crippen molar-refractivity contribution in [3.63, 3.8) is 0 Å². The molecule has 168 valence electrons. The van der Waals surface area contributed by atoms with Gasteiger partial charge in [-0.25, -0.2) is 4.68 Å². The van der Waals surface area contributed by atoms with E-state index in [2.05, 4.69) is 27.9 Å². The van der Waals surface area contributed by atoms with Gasteiger partial charge in [-0.3, -0.25) is 4.79 Å². The third-order valence-corrected chi connectivity index (χ3v) is 6.94. The van der Waals surface area contributed by atoms with Crippen LogP contribution >= 0.6 is 23.4 Å². The van der Waals surface area contributed by atoms with Crippen LogP contribution in [0.3, 0.4) is 0 Å². The second kappa shape index (κ2) is 9.83. The largest absolute Gasteiger partial charge is 0.494 e. The van der Waals surface area contributed by atoms with Crippen molar-refractivity contribution in [1.82, 2.24) is 14.9 Å². The van der Waals surface area contributed by atoms with Gasteiger partial charge in [0.1, 0.15) is 11.0 Å². The Morgan fingerprint density at radius 3 is 2.72 bits per heavy atom. The van der Waals surface area contributed by atoms with Crippen LogP contribution in [0.15, 0.2) is 47.6 Å². The molecular weight excluding hydrogens is 446 g/mol. The lowest BCUT2D eigenvalue weighted by Gasteiger charge is -2.33. The molecule has 9 heteroatoms. The number of carbonyl (C=O) groups is 1. The zero-order chi connectivity index (χ0) is 22.7. The molecule has 3 aromatic rings. The Hall–Kier alpha value is -2.71. The number of hydrogen-bond acceptors (Lipinski definition) is 6. The maximum Gasteiger partial charge on any atom is 0.240 e. The normalized spacial score (nSPS) is 17.4. The van der Waals surface area contributed by atoms with Crippen LogP contribution in [-0.4, -0.2) is 32.6 Å². The number of thioether (sulfide) groups is 1. The van der Waals surface area contributed by atoms with Crippen LogP contribution in [0.4, 0.5) is 5.69 Å². The Morgan fingerprint density at radius 2 is 2.00 bits per heavy atom. The van der Waals surface area contributed by atoms with E-state index < -0.39 is 5.25 Å². The lowest BCUT2D eigenvalue weighted by molar-refractivity contribution is -0.116. The SMILES string of the molecule is CCCc1nnc2n1N[C@@H](c1ccc(OCC)cc1)[C@H](C(=O)Nc1cccc(Cl)c1C)S2. The highest BCUT2D eigenvalue weighted by Gasteiger charge is 2.38. The van der Waals surface area contributed by atoms with Gasteiger partial charge in [-0.1, -0.05) is 48.5 Å². The van der Waals surface area contributed by atoms with E-state index in [1.807, 2.05) is 61.0 Å². The molecule has 2 atom stereocenters. The first kappa shape index (κ1) is 22.5. The summed E-state index contributed by atoms with van der Waals surface area (Å²) in [7, 11) is 0. The monoisotopic (exact) mass is 471 g/mol. The van der Waals surface area contributed by atoms with Crippen LogP contribution in [0.1, 0.15) is 43.3 Å². The first-order valence-corrected chi connectivity index (χ1v) is 11.9.